The predicted octanol–water partition coefficient (Wildman–Crippen LogP) is 2.35. The van der Waals surface area contributed by atoms with Gasteiger partial charge in [-0.05, 0) is 56.6 Å². The Morgan fingerprint density at radius 1 is 1.47 bits per heavy atom. The zero-order valence-corrected chi connectivity index (χ0v) is 11.5. The van der Waals surface area contributed by atoms with Crippen LogP contribution < -0.4 is 5.73 Å². The maximum Gasteiger partial charge on any atom is 0.321 e. The summed E-state index contributed by atoms with van der Waals surface area (Å²) in [7, 11) is 0. The lowest BCUT2D eigenvalue weighted by atomic mass is 9.90. The summed E-state index contributed by atoms with van der Waals surface area (Å²) in [5.74, 6) is 2.86. The van der Waals surface area contributed by atoms with Crippen molar-refractivity contribution in [3.05, 3.63) is 0 Å². The van der Waals surface area contributed by atoms with Crippen molar-refractivity contribution in [1.29, 1.82) is 0 Å². The van der Waals surface area contributed by atoms with E-state index in [-0.39, 0.29) is 4.75 Å². The van der Waals surface area contributed by atoms with Crippen molar-refractivity contribution < 1.29 is 9.90 Å². The number of fused-ring (bicyclic) bond motifs is 2. The normalized spacial score (nSPS) is 33.9. The molecule has 0 amide bonds. The minimum Gasteiger partial charge on any atom is -0.480 e. The number of carboxylic acid groups (broad SMARTS) is 1. The highest BCUT2D eigenvalue weighted by Gasteiger charge is 2.41. The molecule has 2 rings (SSSR count). The van der Waals surface area contributed by atoms with Gasteiger partial charge < -0.3 is 10.8 Å². The maximum absolute atomic E-state index is 10.9. The van der Waals surface area contributed by atoms with Gasteiger partial charge in [0.15, 0.2) is 0 Å². The molecule has 3 N–H and O–H groups in total. The molecule has 2 fully saturated rings. The number of hydrogen-bond acceptors (Lipinski definition) is 3. The average Bonchev–Trinajstić information content (AvgIpc) is 2.86. The summed E-state index contributed by atoms with van der Waals surface area (Å²) in [6, 6.07) is -0.772. The molecule has 2 saturated carbocycles. The van der Waals surface area contributed by atoms with Crippen molar-refractivity contribution in [2.75, 3.05) is 5.75 Å². The number of hydrogen-bond donors (Lipinski definition) is 2. The minimum absolute atomic E-state index is 0.367. The third-order valence-corrected chi connectivity index (χ3v) is 6.16. The van der Waals surface area contributed by atoms with E-state index in [9.17, 15) is 4.79 Å². The van der Waals surface area contributed by atoms with Gasteiger partial charge in [-0.2, -0.15) is 11.8 Å². The molecule has 0 saturated heterocycles. The summed E-state index contributed by atoms with van der Waals surface area (Å²) in [5, 5.41) is 8.98. The number of aliphatic carboxylic acids is 1. The Labute approximate surface area is 108 Å². The van der Waals surface area contributed by atoms with Gasteiger partial charge in [0, 0.05) is 4.75 Å². The Morgan fingerprint density at radius 3 is 2.65 bits per heavy atom. The lowest BCUT2D eigenvalue weighted by Gasteiger charge is -2.31. The van der Waals surface area contributed by atoms with Gasteiger partial charge in [-0.25, -0.2) is 0 Å². The van der Waals surface area contributed by atoms with Crippen LogP contribution in [0, 0.1) is 17.8 Å². The van der Waals surface area contributed by atoms with E-state index in [0.29, 0.717) is 0 Å². The Morgan fingerprint density at radius 2 is 2.18 bits per heavy atom. The van der Waals surface area contributed by atoms with Crippen LogP contribution in [0.5, 0.6) is 0 Å². The molecule has 0 aromatic heterocycles. The van der Waals surface area contributed by atoms with Crippen molar-refractivity contribution in [2.24, 2.45) is 23.5 Å². The standard InChI is InChI=1S/C13H23NO2S/c1-13(2,11(14)12(15)16)17-7-10-6-8-3-4-9(10)5-8/h8-11H,3-7,14H2,1-2H3,(H,15,16)/t8?,9?,10?,11-/m1/s1. The van der Waals surface area contributed by atoms with Gasteiger partial charge in [-0.15, -0.1) is 0 Å². The number of nitrogens with two attached hydrogens (primary N) is 1. The Kier molecular flexibility index (Phi) is 3.74. The second-order valence-corrected chi connectivity index (χ2v) is 7.84. The number of carboxylic acids is 1. The minimum atomic E-state index is -0.893. The molecule has 0 heterocycles. The van der Waals surface area contributed by atoms with Crippen LogP contribution in [-0.4, -0.2) is 27.6 Å². The summed E-state index contributed by atoms with van der Waals surface area (Å²) in [6.07, 6.45) is 5.58. The van der Waals surface area contributed by atoms with Crippen molar-refractivity contribution in [3.63, 3.8) is 0 Å². The summed E-state index contributed by atoms with van der Waals surface area (Å²) >= 11 is 1.75. The molecule has 0 aromatic carbocycles. The van der Waals surface area contributed by atoms with Gasteiger partial charge in [-0.3, -0.25) is 4.79 Å². The Bertz CT molecular complexity index is 306. The molecule has 0 aliphatic heterocycles. The molecule has 0 radical (unpaired) electrons. The van der Waals surface area contributed by atoms with E-state index in [2.05, 4.69) is 0 Å². The highest BCUT2D eigenvalue weighted by Crippen LogP contribution is 2.50. The summed E-state index contributed by atoms with van der Waals surface area (Å²) in [4.78, 5) is 10.9. The average molecular weight is 257 g/mol. The Balaban J connectivity index is 1.83. The smallest absolute Gasteiger partial charge is 0.321 e. The van der Waals surface area contributed by atoms with Gasteiger partial charge in [0.1, 0.15) is 6.04 Å². The van der Waals surface area contributed by atoms with E-state index in [1.54, 1.807) is 11.8 Å². The highest BCUT2D eigenvalue weighted by molar-refractivity contribution is 8.00. The van der Waals surface area contributed by atoms with E-state index in [1.807, 2.05) is 13.8 Å². The summed E-state index contributed by atoms with van der Waals surface area (Å²) in [6.45, 7) is 3.90. The van der Waals surface area contributed by atoms with Gasteiger partial charge in [0.05, 0.1) is 0 Å². The predicted molar refractivity (Wildman–Crippen MR) is 71.1 cm³/mol. The highest BCUT2D eigenvalue weighted by atomic mass is 32.2. The first-order valence-corrected chi connectivity index (χ1v) is 7.51. The maximum atomic E-state index is 10.9. The molecule has 4 atom stereocenters. The van der Waals surface area contributed by atoms with E-state index >= 15 is 0 Å². The quantitative estimate of drug-likeness (QED) is 0.793. The van der Waals surface area contributed by atoms with Crippen molar-refractivity contribution in [3.8, 4) is 0 Å². The van der Waals surface area contributed by atoms with Crippen LogP contribution in [0.4, 0.5) is 0 Å². The summed E-state index contributed by atoms with van der Waals surface area (Å²) < 4.78 is -0.367. The fourth-order valence-corrected chi connectivity index (χ4v) is 4.62. The van der Waals surface area contributed by atoms with Gasteiger partial charge in [-0.1, -0.05) is 6.42 Å². The topological polar surface area (TPSA) is 63.3 Å². The molecule has 3 nitrogen and oxygen atoms in total. The molecule has 0 spiro atoms. The largest absolute Gasteiger partial charge is 0.480 e. The molecule has 2 bridgehead atoms. The molecule has 2 aliphatic carbocycles. The van der Waals surface area contributed by atoms with Gasteiger partial charge in [0.25, 0.3) is 0 Å². The first-order chi connectivity index (χ1) is 7.90. The van der Waals surface area contributed by atoms with Crippen LogP contribution in [-0.2, 0) is 4.79 Å². The third kappa shape index (κ3) is 2.79. The Hall–Kier alpha value is -0.220. The van der Waals surface area contributed by atoms with Crippen LogP contribution in [0.2, 0.25) is 0 Å². The second kappa shape index (κ2) is 4.81. The SMILES string of the molecule is CC(C)(SCC1CC2CCC1C2)[C@H](N)C(=O)O. The molecule has 2 aliphatic rings. The number of carbonyl (C=O) groups is 1. The molecule has 0 aromatic rings. The molecular formula is C13H23NO2S. The zero-order valence-electron chi connectivity index (χ0n) is 10.7. The van der Waals surface area contributed by atoms with Crippen LogP contribution in [0.15, 0.2) is 0 Å². The monoisotopic (exact) mass is 257 g/mol. The lowest BCUT2D eigenvalue weighted by Crippen LogP contribution is -2.47. The first-order valence-electron chi connectivity index (χ1n) is 6.52. The number of rotatable bonds is 5. The van der Waals surface area contributed by atoms with Crippen LogP contribution >= 0.6 is 11.8 Å². The second-order valence-electron chi connectivity index (χ2n) is 6.17. The molecule has 17 heavy (non-hydrogen) atoms. The van der Waals surface area contributed by atoms with E-state index in [4.69, 9.17) is 10.8 Å². The fourth-order valence-electron chi connectivity index (χ4n) is 3.29. The van der Waals surface area contributed by atoms with Crippen LogP contribution in [0.3, 0.4) is 0 Å². The van der Waals surface area contributed by atoms with E-state index < -0.39 is 12.0 Å². The summed E-state index contributed by atoms with van der Waals surface area (Å²) in [5.41, 5.74) is 5.73. The zero-order chi connectivity index (χ0) is 12.6. The number of thioether (sulfide) groups is 1. The molecule has 4 heteroatoms. The van der Waals surface area contributed by atoms with Crippen molar-refractivity contribution >= 4 is 17.7 Å². The molecule has 3 unspecified atom stereocenters. The van der Waals surface area contributed by atoms with E-state index in [1.165, 1.54) is 25.7 Å². The van der Waals surface area contributed by atoms with E-state index in [0.717, 1.165) is 23.5 Å². The van der Waals surface area contributed by atoms with Crippen LogP contribution in [0.25, 0.3) is 0 Å². The lowest BCUT2D eigenvalue weighted by molar-refractivity contribution is -0.139. The third-order valence-electron chi connectivity index (χ3n) is 4.57. The van der Waals surface area contributed by atoms with Crippen molar-refractivity contribution in [1.82, 2.24) is 0 Å². The van der Waals surface area contributed by atoms with Crippen molar-refractivity contribution in [2.45, 2.75) is 50.3 Å². The first kappa shape index (κ1) is 13.2. The molecule has 98 valence electrons. The fraction of sp³-hybridized carbons (Fsp3) is 0.923. The van der Waals surface area contributed by atoms with Gasteiger partial charge in [0.2, 0.25) is 0 Å². The molecular weight excluding hydrogens is 234 g/mol. The van der Waals surface area contributed by atoms with Crippen LogP contribution in [0.1, 0.15) is 39.5 Å². The van der Waals surface area contributed by atoms with Gasteiger partial charge >= 0.3 is 5.97 Å².